The average molecular weight is 436 g/mol. The number of nitrogens with one attached hydrogen (secondary N) is 1. The molecule has 2 aromatic rings. The molecule has 1 N–H and O–H groups in total. The number of anilines is 1. The minimum atomic E-state index is -0.432. The van der Waals surface area contributed by atoms with E-state index < -0.39 is 5.72 Å². The Kier molecular flexibility index (Phi) is 3.56. The first-order valence-electron chi connectivity index (χ1n) is 8.43. The summed E-state index contributed by atoms with van der Waals surface area (Å²) in [5, 5.41) is 4.99. The first-order chi connectivity index (χ1) is 12.1. The maximum atomic E-state index is 6.68. The van der Waals surface area contributed by atoms with Crippen LogP contribution in [0.15, 0.2) is 46.9 Å². The van der Waals surface area contributed by atoms with Crippen LogP contribution in [0.4, 0.5) is 5.69 Å². The van der Waals surface area contributed by atoms with E-state index in [-0.39, 0.29) is 6.04 Å². The van der Waals surface area contributed by atoms with Crippen LogP contribution < -0.4 is 15.0 Å². The van der Waals surface area contributed by atoms with E-state index in [0.29, 0.717) is 16.1 Å². The van der Waals surface area contributed by atoms with Gasteiger partial charge in [-0.1, -0.05) is 33.6 Å². The van der Waals surface area contributed by atoms with Gasteiger partial charge in [0.2, 0.25) is 0 Å². The van der Waals surface area contributed by atoms with Gasteiger partial charge in [-0.2, -0.15) is 0 Å². The van der Waals surface area contributed by atoms with Crippen LogP contribution in [-0.2, 0) is 0 Å². The molecule has 0 spiro atoms. The Balaban J connectivity index is 1.70. The minimum absolute atomic E-state index is 0.187. The highest BCUT2D eigenvalue weighted by molar-refractivity contribution is 9.10. The normalized spacial score (nSPS) is 29.5. The molecule has 128 valence electrons. The number of benzene rings is 2. The van der Waals surface area contributed by atoms with Gasteiger partial charge >= 0.3 is 0 Å². The quantitative estimate of drug-likeness (QED) is 0.604. The number of fused-ring (bicyclic) bond motifs is 2. The Labute approximate surface area is 165 Å². The van der Waals surface area contributed by atoms with Gasteiger partial charge in [-0.3, -0.25) is 4.90 Å². The lowest BCUT2D eigenvalue weighted by molar-refractivity contribution is -0.00509. The molecule has 2 aromatic carbocycles. The molecule has 3 nitrogen and oxygen atoms in total. The van der Waals surface area contributed by atoms with Gasteiger partial charge in [-0.15, -0.1) is 0 Å². The Morgan fingerprint density at radius 1 is 1.28 bits per heavy atom. The second-order valence-corrected chi connectivity index (χ2v) is 8.61. The summed E-state index contributed by atoms with van der Waals surface area (Å²) >= 11 is 15.6. The van der Waals surface area contributed by atoms with Gasteiger partial charge in [0.15, 0.2) is 10.8 Å². The van der Waals surface area contributed by atoms with Crippen molar-refractivity contribution in [1.29, 1.82) is 0 Å². The van der Waals surface area contributed by atoms with Crippen LogP contribution in [0.2, 0.25) is 5.02 Å². The van der Waals surface area contributed by atoms with Crippen LogP contribution >= 0.6 is 39.7 Å². The molecule has 2 heterocycles. The van der Waals surface area contributed by atoms with E-state index in [9.17, 15) is 0 Å². The number of thiocarbonyl (C=S) groups is 1. The Morgan fingerprint density at radius 2 is 2.16 bits per heavy atom. The van der Waals surface area contributed by atoms with Gasteiger partial charge < -0.3 is 10.1 Å². The van der Waals surface area contributed by atoms with Gasteiger partial charge in [-0.05, 0) is 61.5 Å². The summed E-state index contributed by atoms with van der Waals surface area (Å²) in [6, 6.07) is 14.3. The highest BCUT2D eigenvalue weighted by atomic mass is 79.9. The molecule has 0 aromatic heterocycles. The van der Waals surface area contributed by atoms with Crippen molar-refractivity contribution in [3.05, 3.63) is 57.5 Å². The summed E-state index contributed by atoms with van der Waals surface area (Å²) < 4.78 is 7.74. The second-order valence-electron chi connectivity index (χ2n) is 6.87. The van der Waals surface area contributed by atoms with Crippen molar-refractivity contribution in [2.75, 3.05) is 4.90 Å². The van der Waals surface area contributed by atoms with Crippen molar-refractivity contribution in [3.8, 4) is 5.75 Å². The number of halogens is 2. The van der Waals surface area contributed by atoms with Gasteiger partial charge in [0.1, 0.15) is 5.75 Å². The smallest absolute Gasteiger partial charge is 0.194 e. The molecule has 0 radical (unpaired) electrons. The number of nitrogens with zero attached hydrogens (tertiary/aromatic N) is 1. The molecule has 6 heteroatoms. The number of rotatable bonds is 1. The Morgan fingerprint density at radius 3 is 3.00 bits per heavy atom. The van der Waals surface area contributed by atoms with Crippen LogP contribution in [0.1, 0.15) is 30.9 Å². The molecule has 1 saturated heterocycles. The molecule has 2 aliphatic heterocycles. The lowest BCUT2D eigenvalue weighted by atomic mass is 9.80. The predicted molar refractivity (Wildman–Crippen MR) is 107 cm³/mol. The molecular weight excluding hydrogens is 420 g/mol. The average Bonchev–Trinajstić information content (AvgIpc) is 3.00. The molecular formula is C19H16BrClN2OS. The van der Waals surface area contributed by atoms with Gasteiger partial charge in [0, 0.05) is 33.1 Å². The summed E-state index contributed by atoms with van der Waals surface area (Å²) in [7, 11) is 0. The van der Waals surface area contributed by atoms with Crippen molar-refractivity contribution < 1.29 is 4.74 Å². The van der Waals surface area contributed by atoms with Gasteiger partial charge in [0.05, 0.1) is 6.04 Å². The predicted octanol–water partition coefficient (Wildman–Crippen LogP) is 5.43. The van der Waals surface area contributed by atoms with E-state index in [0.717, 1.165) is 35.2 Å². The summed E-state index contributed by atoms with van der Waals surface area (Å²) in [6.07, 6.45) is 3.19. The standard InChI is InChI=1S/C19H16BrClN2OS/c20-11-6-7-16-14(9-11)17-15-5-2-8-19(15,24-16)23(18(25)22-17)13-4-1-3-12(21)10-13/h1,3-4,6-7,9-10,15,17H,2,5,8H2,(H,22,25)/t15-,17+,19+/m1/s1. The molecule has 3 atom stereocenters. The minimum Gasteiger partial charge on any atom is -0.467 e. The monoisotopic (exact) mass is 434 g/mol. The van der Waals surface area contributed by atoms with E-state index >= 15 is 0 Å². The highest BCUT2D eigenvalue weighted by Gasteiger charge is 2.60. The molecule has 5 rings (SSSR count). The summed E-state index contributed by atoms with van der Waals surface area (Å²) in [4.78, 5) is 2.15. The van der Waals surface area contributed by atoms with Crippen LogP contribution in [0.3, 0.4) is 0 Å². The molecule has 2 bridgehead atoms. The van der Waals surface area contributed by atoms with Crippen molar-refractivity contribution in [2.24, 2.45) is 5.92 Å². The lowest BCUT2D eigenvalue weighted by Crippen LogP contribution is -2.69. The zero-order chi connectivity index (χ0) is 17.2. The molecule has 2 fully saturated rings. The first-order valence-corrected chi connectivity index (χ1v) is 10.0. The number of ether oxygens (including phenoxy) is 1. The molecule has 0 amide bonds. The number of hydrogen-bond acceptors (Lipinski definition) is 2. The largest absolute Gasteiger partial charge is 0.467 e. The van der Waals surface area contributed by atoms with Crippen molar-refractivity contribution in [1.82, 2.24) is 5.32 Å². The highest BCUT2D eigenvalue weighted by Crippen LogP contribution is 2.56. The third-order valence-corrected chi connectivity index (χ3v) is 6.58. The maximum absolute atomic E-state index is 6.68. The van der Waals surface area contributed by atoms with Crippen LogP contribution in [0, 0.1) is 5.92 Å². The third kappa shape index (κ3) is 2.25. The zero-order valence-electron chi connectivity index (χ0n) is 13.3. The SMILES string of the molecule is S=C1N[C@H]2c3cc(Br)ccc3O[C@]3(CCC[C@H]23)N1c1cccc(Cl)c1. The summed E-state index contributed by atoms with van der Waals surface area (Å²) in [6.45, 7) is 0. The van der Waals surface area contributed by atoms with Crippen LogP contribution in [-0.4, -0.2) is 10.8 Å². The Hall–Kier alpha value is -1.30. The fraction of sp³-hybridized carbons (Fsp3) is 0.316. The Bertz CT molecular complexity index is 891. The van der Waals surface area contributed by atoms with E-state index in [4.69, 9.17) is 28.6 Å². The fourth-order valence-corrected chi connectivity index (χ4v) is 5.57. The van der Waals surface area contributed by atoms with E-state index in [1.165, 1.54) is 5.56 Å². The molecule has 1 aliphatic carbocycles. The van der Waals surface area contributed by atoms with Gasteiger partial charge in [0.25, 0.3) is 0 Å². The maximum Gasteiger partial charge on any atom is 0.194 e. The van der Waals surface area contributed by atoms with E-state index in [1.807, 2.05) is 30.3 Å². The van der Waals surface area contributed by atoms with Gasteiger partial charge in [-0.25, -0.2) is 0 Å². The lowest BCUT2D eigenvalue weighted by Gasteiger charge is -2.56. The third-order valence-electron chi connectivity index (χ3n) is 5.55. The van der Waals surface area contributed by atoms with Crippen LogP contribution in [0.25, 0.3) is 0 Å². The molecule has 0 unspecified atom stereocenters. The topological polar surface area (TPSA) is 24.5 Å². The zero-order valence-corrected chi connectivity index (χ0v) is 16.5. The first kappa shape index (κ1) is 15.9. The van der Waals surface area contributed by atoms with Crippen molar-refractivity contribution in [2.45, 2.75) is 31.0 Å². The molecule has 3 aliphatic rings. The van der Waals surface area contributed by atoms with Crippen molar-refractivity contribution in [3.63, 3.8) is 0 Å². The van der Waals surface area contributed by atoms with Crippen LogP contribution in [0.5, 0.6) is 5.75 Å². The summed E-state index contributed by atoms with van der Waals surface area (Å²) in [5.41, 5.74) is 1.74. The fourth-order valence-electron chi connectivity index (χ4n) is 4.62. The van der Waals surface area contributed by atoms with E-state index in [1.54, 1.807) is 0 Å². The molecule has 25 heavy (non-hydrogen) atoms. The second kappa shape index (κ2) is 5.60. The van der Waals surface area contributed by atoms with E-state index in [2.05, 4.69) is 38.3 Å². The molecule has 1 saturated carbocycles. The van der Waals surface area contributed by atoms with Crippen molar-refractivity contribution >= 4 is 50.5 Å². The summed E-state index contributed by atoms with van der Waals surface area (Å²) in [5.74, 6) is 1.29. The number of hydrogen-bond donors (Lipinski definition) is 1.